The van der Waals surface area contributed by atoms with E-state index >= 15 is 0 Å². The fourth-order valence-corrected chi connectivity index (χ4v) is 3.75. The highest BCUT2D eigenvalue weighted by Crippen LogP contribution is 2.30. The van der Waals surface area contributed by atoms with Crippen molar-refractivity contribution in [1.29, 1.82) is 0 Å². The van der Waals surface area contributed by atoms with Crippen molar-refractivity contribution in [2.45, 2.75) is 32.9 Å². The molecule has 3 rings (SSSR count). The van der Waals surface area contributed by atoms with Crippen LogP contribution >= 0.6 is 27.3 Å². The zero-order valence-electron chi connectivity index (χ0n) is 14.9. The molecule has 0 radical (unpaired) electrons. The number of nitrogens with one attached hydrogen (secondary N) is 2. The van der Waals surface area contributed by atoms with Gasteiger partial charge in [0.1, 0.15) is 5.60 Å². The number of carbonyl (C=O) groups is 1. The maximum absolute atomic E-state index is 11.9. The molecule has 2 N–H and O–H groups in total. The quantitative estimate of drug-likeness (QED) is 0.581. The van der Waals surface area contributed by atoms with Gasteiger partial charge in [0.05, 0.1) is 19.8 Å². The minimum atomic E-state index is -0.509. The highest BCUT2D eigenvalue weighted by Gasteiger charge is 2.16. The summed E-state index contributed by atoms with van der Waals surface area (Å²) in [6.45, 7) is 6.55. The zero-order valence-corrected chi connectivity index (χ0v) is 17.3. The molecular weight excluding hydrogens is 416 g/mol. The van der Waals surface area contributed by atoms with Crippen LogP contribution in [0, 0.1) is 0 Å². The molecular formula is C18H21BrN4O2S. The van der Waals surface area contributed by atoms with Gasteiger partial charge in [0.25, 0.3) is 0 Å². The van der Waals surface area contributed by atoms with Crippen LogP contribution < -0.4 is 10.6 Å². The third-order valence-electron chi connectivity index (χ3n) is 3.47. The highest BCUT2D eigenvalue weighted by atomic mass is 79.9. The van der Waals surface area contributed by atoms with E-state index in [2.05, 4.69) is 36.1 Å². The number of halogens is 1. The second kappa shape index (κ2) is 7.67. The van der Waals surface area contributed by atoms with E-state index in [0.29, 0.717) is 13.1 Å². The number of benzene rings is 1. The second-order valence-corrected chi connectivity index (χ2v) is 9.20. The first-order chi connectivity index (χ1) is 12.3. The molecule has 2 heterocycles. The standard InChI is InChI=1S/C18H21BrN4O2S/c1-18(2,3)25-17(24)20-10-11-23-13-7-5-4-6-12(13)21-16(23)22-15-9-8-14(19)26-15/h4-9H,10-11H2,1-3H3,(H,20,24)(H,21,22). The molecule has 1 amide bonds. The summed E-state index contributed by atoms with van der Waals surface area (Å²) in [6, 6.07) is 11.9. The third-order valence-corrected chi connectivity index (χ3v) is 5.01. The van der Waals surface area contributed by atoms with Crippen LogP contribution in [0.1, 0.15) is 20.8 Å². The van der Waals surface area contributed by atoms with Crippen molar-refractivity contribution in [3.8, 4) is 0 Å². The fourth-order valence-electron chi connectivity index (χ4n) is 2.47. The Morgan fingerprint density at radius 2 is 2.04 bits per heavy atom. The SMILES string of the molecule is CC(C)(C)OC(=O)NCCn1c(Nc2ccc(Br)s2)nc2ccccc21. The van der Waals surface area contributed by atoms with Gasteiger partial charge in [-0.15, -0.1) is 11.3 Å². The van der Waals surface area contributed by atoms with Crippen molar-refractivity contribution in [3.05, 3.63) is 40.2 Å². The van der Waals surface area contributed by atoms with Gasteiger partial charge < -0.3 is 19.9 Å². The Hall–Kier alpha value is -2.06. The first kappa shape index (κ1) is 18.7. The summed E-state index contributed by atoms with van der Waals surface area (Å²) in [7, 11) is 0. The molecule has 0 fully saturated rings. The van der Waals surface area contributed by atoms with E-state index in [0.717, 1.165) is 25.8 Å². The maximum Gasteiger partial charge on any atom is 0.407 e. The predicted octanol–water partition coefficient (Wildman–Crippen LogP) is 5.13. The Kier molecular flexibility index (Phi) is 5.52. The van der Waals surface area contributed by atoms with Crippen LogP contribution in [-0.2, 0) is 11.3 Å². The highest BCUT2D eigenvalue weighted by molar-refractivity contribution is 9.11. The number of amides is 1. The molecule has 0 saturated carbocycles. The Morgan fingerprint density at radius 1 is 1.27 bits per heavy atom. The summed E-state index contributed by atoms with van der Waals surface area (Å²) in [5, 5.41) is 7.14. The van der Waals surface area contributed by atoms with E-state index in [-0.39, 0.29) is 0 Å². The monoisotopic (exact) mass is 436 g/mol. The van der Waals surface area contributed by atoms with Gasteiger partial charge in [-0.3, -0.25) is 0 Å². The van der Waals surface area contributed by atoms with Gasteiger partial charge in [0.2, 0.25) is 5.95 Å². The van der Waals surface area contributed by atoms with E-state index in [4.69, 9.17) is 4.74 Å². The number of para-hydroxylation sites is 2. The van der Waals surface area contributed by atoms with Crippen molar-refractivity contribution < 1.29 is 9.53 Å². The van der Waals surface area contributed by atoms with Crippen molar-refractivity contribution >= 4 is 55.3 Å². The van der Waals surface area contributed by atoms with E-state index in [9.17, 15) is 4.79 Å². The average molecular weight is 437 g/mol. The molecule has 26 heavy (non-hydrogen) atoms. The van der Waals surface area contributed by atoms with Crippen LogP contribution in [0.2, 0.25) is 0 Å². The Bertz CT molecular complexity index is 913. The molecule has 0 spiro atoms. The number of rotatable bonds is 5. The third kappa shape index (κ3) is 4.76. The molecule has 0 aliphatic carbocycles. The lowest BCUT2D eigenvalue weighted by Gasteiger charge is -2.20. The molecule has 0 atom stereocenters. The smallest absolute Gasteiger partial charge is 0.407 e. The van der Waals surface area contributed by atoms with Crippen LogP contribution in [-0.4, -0.2) is 27.8 Å². The van der Waals surface area contributed by atoms with Crippen LogP contribution in [0.25, 0.3) is 11.0 Å². The number of ether oxygens (including phenoxy) is 1. The zero-order chi connectivity index (χ0) is 18.7. The van der Waals surface area contributed by atoms with Gasteiger partial charge in [-0.1, -0.05) is 12.1 Å². The van der Waals surface area contributed by atoms with E-state index in [1.54, 1.807) is 11.3 Å². The van der Waals surface area contributed by atoms with Crippen LogP contribution in [0.15, 0.2) is 40.2 Å². The number of hydrogen-bond acceptors (Lipinski definition) is 5. The first-order valence-corrected chi connectivity index (χ1v) is 9.87. The minimum Gasteiger partial charge on any atom is -0.444 e. The second-order valence-electron chi connectivity index (χ2n) is 6.73. The average Bonchev–Trinajstić information content (AvgIpc) is 3.10. The van der Waals surface area contributed by atoms with Gasteiger partial charge in [-0.25, -0.2) is 9.78 Å². The van der Waals surface area contributed by atoms with Crippen LogP contribution in [0.5, 0.6) is 0 Å². The maximum atomic E-state index is 11.9. The van der Waals surface area contributed by atoms with Crippen LogP contribution in [0.3, 0.4) is 0 Å². The van der Waals surface area contributed by atoms with Gasteiger partial charge in [0, 0.05) is 13.1 Å². The number of hydrogen-bond donors (Lipinski definition) is 2. The van der Waals surface area contributed by atoms with Crippen molar-refractivity contribution in [1.82, 2.24) is 14.9 Å². The summed E-state index contributed by atoms with van der Waals surface area (Å²) < 4.78 is 8.39. The van der Waals surface area contributed by atoms with Gasteiger partial charge in [-0.05, 0) is 61.0 Å². The van der Waals surface area contributed by atoms with Gasteiger partial charge in [-0.2, -0.15) is 0 Å². The summed E-state index contributed by atoms with van der Waals surface area (Å²) in [5.41, 5.74) is 1.41. The van der Waals surface area contributed by atoms with Crippen LogP contribution in [0.4, 0.5) is 15.7 Å². The predicted molar refractivity (Wildman–Crippen MR) is 109 cm³/mol. The number of alkyl carbamates (subject to hydrolysis) is 1. The number of fused-ring (bicyclic) bond motifs is 1. The summed E-state index contributed by atoms with van der Waals surface area (Å²) >= 11 is 5.07. The molecule has 138 valence electrons. The first-order valence-electron chi connectivity index (χ1n) is 8.26. The number of thiophene rings is 1. The van der Waals surface area contributed by atoms with Gasteiger partial charge >= 0.3 is 6.09 Å². The molecule has 0 aliphatic rings. The fraction of sp³-hybridized carbons (Fsp3) is 0.333. The number of anilines is 2. The molecule has 0 bridgehead atoms. The summed E-state index contributed by atoms with van der Waals surface area (Å²) in [4.78, 5) is 16.5. The molecule has 0 saturated heterocycles. The number of aromatic nitrogens is 2. The van der Waals surface area contributed by atoms with E-state index in [1.807, 2.05) is 57.2 Å². The lowest BCUT2D eigenvalue weighted by atomic mass is 10.2. The molecule has 8 heteroatoms. The topological polar surface area (TPSA) is 68.2 Å². The summed E-state index contributed by atoms with van der Waals surface area (Å²) in [5.74, 6) is 0.742. The number of carbonyl (C=O) groups excluding carboxylic acids is 1. The number of nitrogens with zero attached hydrogens (tertiary/aromatic N) is 2. The van der Waals surface area contributed by atoms with Crippen molar-refractivity contribution in [3.63, 3.8) is 0 Å². The molecule has 0 unspecified atom stereocenters. The Morgan fingerprint density at radius 3 is 2.73 bits per heavy atom. The van der Waals surface area contributed by atoms with E-state index < -0.39 is 11.7 Å². The lowest BCUT2D eigenvalue weighted by Crippen LogP contribution is -2.34. The lowest BCUT2D eigenvalue weighted by molar-refractivity contribution is 0.0526. The molecule has 1 aromatic carbocycles. The Balaban J connectivity index is 1.75. The number of imidazole rings is 1. The Labute approximate surface area is 164 Å². The van der Waals surface area contributed by atoms with E-state index in [1.165, 1.54) is 0 Å². The van der Waals surface area contributed by atoms with Crippen molar-refractivity contribution in [2.24, 2.45) is 0 Å². The van der Waals surface area contributed by atoms with Crippen molar-refractivity contribution in [2.75, 3.05) is 11.9 Å². The normalized spacial score (nSPS) is 11.5. The summed E-state index contributed by atoms with van der Waals surface area (Å²) in [6.07, 6.45) is -0.418. The largest absolute Gasteiger partial charge is 0.444 e. The molecule has 0 aliphatic heterocycles. The minimum absolute atomic E-state index is 0.418. The molecule has 3 aromatic rings. The molecule has 2 aromatic heterocycles. The molecule has 6 nitrogen and oxygen atoms in total. The van der Waals surface area contributed by atoms with Gasteiger partial charge in [0.15, 0.2) is 0 Å².